The van der Waals surface area contributed by atoms with Crippen molar-refractivity contribution in [2.24, 2.45) is 0 Å². The van der Waals surface area contributed by atoms with E-state index in [2.05, 4.69) is 6.58 Å². The highest BCUT2D eigenvalue weighted by atomic mass is 35.6. The van der Waals surface area contributed by atoms with Crippen LogP contribution < -0.4 is 0 Å². The molecular weight excluding hydrogens is 308 g/mol. The van der Waals surface area contributed by atoms with Gasteiger partial charge in [0.05, 0.1) is 6.61 Å². The number of aliphatic hydroxyl groups excluding tert-OH is 3. The first-order valence-corrected chi connectivity index (χ1v) is 5.95. The maximum Gasteiger partial charge on any atom is 0.265 e. The molecule has 0 aliphatic carbocycles. The second kappa shape index (κ2) is 5.92. The molecule has 104 valence electrons. The topological polar surface area (TPSA) is 103 Å². The van der Waals surface area contributed by atoms with Gasteiger partial charge in [0.2, 0.25) is 12.2 Å². The molecule has 4 N–H and O–H groups in total. The number of aliphatic hydroxyl groups is 3. The van der Waals surface area contributed by atoms with Crippen molar-refractivity contribution < 1.29 is 24.8 Å². The lowest BCUT2D eigenvalue weighted by molar-refractivity contribution is -0.202. The first-order valence-electron chi connectivity index (χ1n) is 4.82. The van der Waals surface area contributed by atoms with Gasteiger partial charge in [0.25, 0.3) is 3.79 Å². The SMILES string of the molecule is C=C1C(OC(=N)C(Cl)(Cl)Cl)O[C@H](CO)[C@H](O)[C@@H]1O. The highest BCUT2D eigenvalue weighted by Gasteiger charge is 2.42. The largest absolute Gasteiger partial charge is 0.444 e. The molecule has 0 amide bonds. The van der Waals surface area contributed by atoms with Crippen LogP contribution in [0.4, 0.5) is 0 Å². The van der Waals surface area contributed by atoms with Crippen molar-refractivity contribution >= 4 is 40.7 Å². The molecule has 1 heterocycles. The molecule has 0 aromatic rings. The molecule has 0 saturated carbocycles. The highest BCUT2D eigenvalue weighted by molar-refractivity contribution is 6.76. The number of nitrogens with one attached hydrogen (secondary N) is 1. The Morgan fingerprint density at radius 3 is 2.44 bits per heavy atom. The summed E-state index contributed by atoms with van der Waals surface area (Å²) in [7, 11) is 0. The zero-order valence-electron chi connectivity index (χ0n) is 9.02. The van der Waals surface area contributed by atoms with Gasteiger partial charge < -0.3 is 24.8 Å². The van der Waals surface area contributed by atoms with E-state index in [4.69, 9.17) is 54.8 Å². The molecule has 1 fully saturated rings. The lowest BCUT2D eigenvalue weighted by atomic mass is 9.98. The van der Waals surface area contributed by atoms with Gasteiger partial charge in [-0.25, -0.2) is 0 Å². The molecule has 9 heteroatoms. The van der Waals surface area contributed by atoms with Crippen LogP contribution in [0.5, 0.6) is 0 Å². The van der Waals surface area contributed by atoms with E-state index < -0.39 is 40.9 Å². The van der Waals surface area contributed by atoms with Gasteiger partial charge in [-0.15, -0.1) is 0 Å². The van der Waals surface area contributed by atoms with Gasteiger partial charge in [0, 0.05) is 5.57 Å². The predicted octanol–water partition coefficient (Wildman–Crippen LogP) is 0.346. The summed E-state index contributed by atoms with van der Waals surface area (Å²) < 4.78 is 7.92. The quantitative estimate of drug-likeness (QED) is 0.254. The summed E-state index contributed by atoms with van der Waals surface area (Å²) in [5, 5.41) is 35.5. The van der Waals surface area contributed by atoms with Gasteiger partial charge in [-0.05, 0) is 0 Å². The van der Waals surface area contributed by atoms with E-state index in [1.54, 1.807) is 0 Å². The Kier molecular flexibility index (Phi) is 5.25. The van der Waals surface area contributed by atoms with Gasteiger partial charge in [-0.1, -0.05) is 41.4 Å². The van der Waals surface area contributed by atoms with Crippen molar-refractivity contribution in [2.75, 3.05) is 6.61 Å². The normalized spacial score (nSPS) is 33.3. The van der Waals surface area contributed by atoms with Crippen LogP contribution in [0.2, 0.25) is 0 Å². The van der Waals surface area contributed by atoms with Crippen molar-refractivity contribution in [1.82, 2.24) is 0 Å². The van der Waals surface area contributed by atoms with Crippen LogP contribution in [0.3, 0.4) is 0 Å². The van der Waals surface area contributed by atoms with Gasteiger partial charge in [-0.2, -0.15) is 0 Å². The summed E-state index contributed by atoms with van der Waals surface area (Å²) in [6, 6.07) is 0. The van der Waals surface area contributed by atoms with Crippen LogP contribution in [0.1, 0.15) is 0 Å². The van der Waals surface area contributed by atoms with Gasteiger partial charge in [-0.3, -0.25) is 5.41 Å². The Bertz CT molecular complexity index is 346. The third kappa shape index (κ3) is 3.48. The fourth-order valence-electron chi connectivity index (χ4n) is 1.32. The van der Waals surface area contributed by atoms with Crippen LogP contribution in [0.15, 0.2) is 12.2 Å². The van der Waals surface area contributed by atoms with E-state index in [1.807, 2.05) is 0 Å². The first-order chi connectivity index (χ1) is 8.18. The Morgan fingerprint density at radius 1 is 1.44 bits per heavy atom. The van der Waals surface area contributed by atoms with Gasteiger partial charge >= 0.3 is 0 Å². The van der Waals surface area contributed by atoms with E-state index >= 15 is 0 Å². The number of hydrogen-bond acceptors (Lipinski definition) is 6. The van der Waals surface area contributed by atoms with Crippen LogP contribution in [-0.2, 0) is 9.47 Å². The minimum absolute atomic E-state index is 0.0359. The second-order valence-corrected chi connectivity index (χ2v) is 5.93. The summed E-state index contributed by atoms with van der Waals surface area (Å²) in [6.07, 6.45) is -5.09. The standard InChI is InChI=1S/C9H12Cl3NO5/c1-3-5(15)6(16)4(2-14)17-7(3)18-8(13)9(10,11)12/h4-7,13-16H,1-2H2/t4-,5-,6+,7?/m1/s1. The van der Waals surface area contributed by atoms with Crippen molar-refractivity contribution in [1.29, 1.82) is 5.41 Å². The Labute approximate surface area is 118 Å². The predicted molar refractivity (Wildman–Crippen MR) is 66.0 cm³/mol. The molecule has 0 aromatic carbocycles. The summed E-state index contributed by atoms with van der Waals surface area (Å²) in [4.78, 5) is 0. The van der Waals surface area contributed by atoms with E-state index in [9.17, 15) is 10.2 Å². The molecule has 6 nitrogen and oxygen atoms in total. The van der Waals surface area contributed by atoms with Crippen LogP contribution in [0, 0.1) is 5.41 Å². The number of rotatable bonds is 2. The minimum atomic E-state index is -2.08. The Balaban J connectivity index is 2.77. The number of alkyl halides is 3. The fraction of sp³-hybridized carbons (Fsp3) is 0.667. The number of ether oxygens (including phenoxy) is 2. The molecule has 1 saturated heterocycles. The van der Waals surface area contributed by atoms with Crippen LogP contribution >= 0.6 is 34.8 Å². The lowest BCUT2D eigenvalue weighted by Crippen LogP contribution is -2.52. The summed E-state index contributed by atoms with van der Waals surface area (Å²) in [5.41, 5.74) is -0.0359. The van der Waals surface area contributed by atoms with Crippen molar-refractivity contribution in [3.05, 3.63) is 12.2 Å². The van der Waals surface area contributed by atoms with Crippen molar-refractivity contribution in [3.63, 3.8) is 0 Å². The fourth-order valence-corrected chi connectivity index (χ4v) is 1.45. The molecule has 0 spiro atoms. The monoisotopic (exact) mass is 319 g/mol. The Hall–Kier alpha value is -0.0800. The molecule has 1 aliphatic rings. The molecule has 4 atom stereocenters. The summed E-state index contributed by atoms with van der Waals surface area (Å²) >= 11 is 16.3. The molecule has 1 aliphatic heterocycles. The van der Waals surface area contributed by atoms with E-state index in [0.29, 0.717) is 0 Å². The van der Waals surface area contributed by atoms with Gasteiger partial charge in [0.15, 0.2) is 0 Å². The number of hydrogen-bond donors (Lipinski definition) is 4. The number of halogens is 3. The van der Waals surface area contributed by atoms with Crippen LogP contribution in [-0.4, -0.2) is 56.2 Å². The lowest BCUT2D eigenvalue weighted by Gasteiger charge is -2.38. The third-order valence-corrected chi connectivity index (χ3v) is 2.86. The average Bonchev–Trinajstić information content (AvgIpc) is 2.28. The molecule has 1 rings (SSSR count). The average molecular weight is 321 g/mol. The van der Waals surface area contributed by atoms with E-state index in [-0.39, 0.29) is 5.57 Å². The maximum absolute atomic E-state index is 9.64. The Morgan fingerprint density at radius 2 is 2.00 bits per heavy atom. The smallest absolute Gasteiger partial charge is 0.265 e. The highest BCUT2D eigenvalue weighted by Crippen LogP contribution is 2.31. The first kappa shape index (κ1) is 16.0. The summed E-state index contributed by atoms with van der Waals surface area (Å²) in [6.45, 7) is 2.91. The second-order valence-electron chi connectivity index (χ2n) is 3.64. The van der Waals surface area contributed by atoms with Crippen molar-refractivity contribution in [3.8, 4) is 0 Å². The zero-order chi connectivity index (χ0) is 14.1. The van der Waals surface area contributed by atoms with E-state index in [0.717, 1.165) is 0 Å². The maximum atomic E-state index is 9.64. The molecule has 0 radical (unpaired) electrons. The minimum Gasteiger partial charge on any atom is -0.444 e. The molecule has 1 unspecified atom stereocenters. The van der Waals surface area contributed by atoms with Gasteiger partial charge in [0.1, 0.15) is 18.3 Å². The molecule has 0 aromatic heterocycles. The summed E-state index contributed by atoms with van der Waals surface area (Å²) in [5.74, 6) is -0.723. The third-order valence-electron chi connectivity index (χ3n) is 2.35. The zero-order valence-corrected chi connectivity index (χ0v) is 11.3. The molecular formula is C9H12Cl3NO5. The molecule has 18 heavy (non-hydrogen) atoms. The van der Waals surface area contributed by atoms with Crippen molar-refractivity contribution in [2.45, 2.75) is 28.4 Å². The van der Waals surface area contributed by atoms with Crippen LogP contribution in [0.25, 0.3) is 0 Å². The molecule has 0 bridgehead atoms. The van der Waals surface area contributed by atoms with E-state index in [1.165, 1.54) is 0 Å².